The minimum atomic E-state index is 0.124. The number of fused-ring (bicyclic) bond motifs is 1. The van der Waals surface area contributed by atoms with Gasteiger partial charge in [0.25, 0.3) is 5.56 Å². The van der Waals surface area contributed by atoms with Crippen molar-refractivity contribution in [1.82, 2.24) is 19.4 Å². The molecule has 0 aromatic carbocycles. The third kappa shape index (κ3) is 3.13. The molecule has 0 bridgehead atoms. The van der Waals surface area contributed by atoms with Gasteiger partial charge in [0.05, 0.1) is 17.8 Å². The zero-order valence-corrected chi connectivity index (χ0v) is 14.5. The molecule has 24 heavy (non-hydrogen) atoms. The summed E-state index contributed by atoms with van der Waals surface area (Å²) in [6.07, 6.45) is 5.44. The summed E-state index contributed by atoms with van der Waals surface area (Å²) in [5.74, 6) is 1.65. The van der Waals surface area contributed by atoms with Crippen LogP contribution in [0.3, 0.4) is 0 Å². The largest absolute Gasteiger partial charge is 0.298 e. The lowest BCUT2D eigenvalue weighted by Gasteiger charge is -2.28. The molecule has 126 valence electrons. The normalized spacial score (nSPS) is 17.8. The molecule has 2 aromatic rings. The highest BCUT2D eigenvalue weighted by Gasteiger charge is 2.28. The molecule has 2 aromatic heterocycles. The van der Waals surface area contributed by atoms with Gasteiger partial charge in [-0.05, 0) is 44.2 Å². The van der Waals surface area contributed by atoms with Crippen LogP contribution in [0.2, 0.25) is 0 Å². The van der Waals surface area contributed by atoms with Crippen LogP contribution >= 0.6 is 0 Å². The van der Waals surface area contributed by atoms with E-state index in [1.807, 2.05) is 32.2 Å². The van der Waals surface area contributed by atoms with Crippen molar-refractivity contribution in [2.45, 2.75) is 46.2 Å². The molecule has 1 aliphatic carbocycles. The van der Waals surface area contributed by atoms with E-state index in [1.54, 1.807) is 4.57 Å². The second-order valence-electron chi connectivity index (χ2n) is 7.21. The van der Waals surface area contributed by atoms with Gasteiger partial charge in [0.15, 0.2) is 0 Å². The van der Waals surface area contributed by atoms with Crippen LogP contribution in [-0.4, -0.2) is 32.5 Å². The second kappa shape index (κ2) is 6.13. The van der Waals surface area contributed by atoms with Crippen LogP contribution in [0, 0.1) is 19.8 Å². The molecule has 5 heteroatoms. The molecule has 0 amide bonds. The zero-order valence-electron chi connectivity index (χ0n) is 14.5. The van der Waals surface area contributed by atoms with Gasteiger partial charge in [-0.1, -0.05) is 6.07 Å². The highest BCUT2D eigenvalue weighted by atomic mass is 16.1. The summed E-state index contributed by atoms with van der Waals surface area (Å²) in [6.45, 7) is 7.36. The Morgan fingerprint density at radius 2 is 2.08 bits per heavy atom. The fourth-order valence-corrected chi connectivity index (χ4v) is 3.47. The lowest BCUT2D eigenvalue weighted by Crippen LogP contribution is -2.39. The van der Waals surface area contributed by atoms with Crippen molar-refractivity contribution < 1.29 is 0 Å². The van der Waals surface area contributed by atoms with E-state index in [2.05, 4.69) is 9.88 Å². The van der Waals surface area contributed by atoms with Crippen molar-refractivity contribution in [1.29, 1.82) is 0 Å². The van der Waals surface area contributed by atoms with Gasteiger partial charge in [0.2, 0.25) is 0 Å². The van der Waals surface area contributed by atoms with Gasteiger partial charge < -0.3 is 0 Å². The summed E-state index contributed by atoms with van der Waals surface area (Å²) in [5, 5.41) is 0. The van der Waals surface area contributed by atoms with Crippen LogP contribution in [0.4, 0.5) is 0 Å². The van der Waals surface area contributed by atoms with E-state index in [9.17, 15) is 4.79 Å². The van der Waals surface area contributed by atoms with E-state index >= 15 is 0 Å². The predicted octanol–water partition coefficient (Wildman–Crippen LogP) is 2.07. The number of hydrogen-bond acceptors (Lipinski definition) is 4. The molecule has 5 nitrogen and oxygen atoms in total. The van der Waals surface area contributed by atoms with E-state index in [4.69, 9.17) is 4.98 Å². The van der Waals surface area contributed by atoms with Gasteiger partial charge >= 0.3 is 0 Å². The fourth-order valence-electron chi connectivity index (χ4n) is 3.47. The van der Waals surface area contributed by atoms with E-state index in [0.29, 0.717) is 6.54 Å². The highest BCUT2D eigenvalue weighted by Crippen LogP contribution is 2.31. The van der Waals surface area contributed by atoms with Gasteiger partial charge in [-0.25, -0.2) is 4.98 Å². The van der Waals surface area contributed by atoms with Gasteiger partial charge in [-0.3, -0.25) is 19.2 Å². The Kier molecular flexibility index (Phi) is 3.96. The summed E-state index contributed by atoms with van der Waals surface area (Å²) >= 11 is 0. The van der Waals surface area contributed by atoms with Crippen LogP contribution in [0.25, 0.3) is 0 Å². The fraction of sp³-hybridized carbons (Fsp3) is 0.526. The topological polar surface area (TPSA) is 51.0 Å². The first kappa shape index (κ1) is 15.5. The van der Waals surface area contributed by atoms with Crippen molar-refractivity contribution in [2.24, 2.45) is 5.92 Å². The molecule has 1 aliphatic heterocycles. The Balaban J connectivity index is 1.63. The lowest BCUT2D eigenvalue weighted by atomic mass is 10.1. The maximum absolute atomic E-state index is 13.0. The lowest BCUT2D eigenvalue weighted by molar-refractivity contribution is 0.239. The van der Waals surface area contributed by atoms with Crippen LogP contribution in [-0.2, 0) is 19.5 Å². The average Bonchev–Trinajstić information content (AvgIpc) is 3.38. The quantitative estimate of drug-likeness (QED) is 0.864. The zero-order chi connectivity index (χ0) is 16.7. The van der Waals surface area contributed by atoms with Crippen molar-refractivity contribution in [3.05, 3.63) is 57.0 Å². The van der Waals surface area contributed by atoms with E-state index in [-0.39, 0.29) is 5.56 Å². The first-order chi connectivity index (χ1) is 11.6. The number of pyridine rings is 1. The van der Waals surface area contributed by atoms with Crippen LogP contribution in [0.15, 0.2) is 23.1 Å². The molecule has 0 saturated heterocycles. The molecule has 0 spiro atoms. The number of aromatic nitrogens is 3. The summed E-state index contributed by atoms with van der Waals surface area (Å²) in [5.41, 5.74) is 4.05. The monoisotopic (exact) mass is 324 g/mol. The molecular formula is C19H24N4O. The third-order valence-electron chi connectivity index (χ3n) is 5.11. The first-order valence-corrected chi connectivity index (χ1v) is 8.83. The summed E-state index contributed by atoms with van der Waals surface area (Å²) < 4.78 is 1.80. The third-order valence-corrected chi connectivity index (χ3v) is 5.11. The number of hydrogen-bond donors (Lipinski definition) is 0. The second-order valence-corrected chi connectivity index (χ2v) is 7.21. The molecule has 2 aliphatic rings. The van der Waals surface area contributed by atoms with Gasteiger partial charge in [-0.2, -0.15) is 0 Å². The van der Waals surface area contributed by atoms with E-state index in [1.165, 1.54) is 12.8 Å². The molecule has 3 heterocycles. The summed E-state index contributed by atoms with van der Waals surface area (Å²) in [4.78, 5) is 24.5. The SMILES string of the molecule is Cc1ccc(Cn2c(C)nc3c(c2=O)CN(CC2CC2)CC3)cn1. The van der Waals surface area contributed by atoms with Crippen molar-refractivity contribution in [2.75, 3.05) is 13.1 Å². The predicted molar refractivity (Wildman–Crippen MR) is 93.0 cm³/mol. The number of rotatable bonds is 4. The number of aryl methyl sites for hydroxylation is 2. The Morgan fingerprint density at radius 1 is 1.25 bits per heavy atom. The standard InChI is InChI=1S/C19H24N4O/c1-13-3-4-16(9-20-13)11-23-14(2)21-18-7-8-22(10-15-5-6-15)12-17(18)19(23)24/h3-4,9,15H,5-8,10-12H2,1-2H3. The molecule has 0 radical (unpaired) electrons. The smallest absolute Gasteiger partial charge is 0.258 e. The van der Waals surface area contributed by atoms with Crippen molar-refractivity contribution in [3.63, 3.8) is 0 Å². The maximum Gasteiger partial charge on any atom is 0.258 e. The Bertz CT molecular complexity index is 805. The van der Waals surface area contributed by atoms with Crippen molar-refractivity contribution >= 4 is 0 Å². The molecule has 0 atom stereocenters. The first-order valence-electron chi connectivity index (χ1n) is 8.83. The average molecular weight is 324 g/mol. The van der Waals surface area contributed by atoms with Crippen LogP contribution < -0.4 is 5.56 Å². The van der Waals surface area contributed by atoms with Crippen LogP contribution in [0.5, 0.6) is 0 Å². The summed E-state index contributed by atoms with van der Waals surface area (Å²) in [6, 6.07) is 4.02. The maximum atomic E-state index is 13.0. The van der Waals surface area contributed by atoms with Gasteiger partial charge in [0, 0.05) is 37.9 Å². The molecule has 0 N–H and O–H groups in total. The highest BCUT2D eigenvalue weighted by molar-refractivity contribution is 5.23. The molecule has 1 saturated carbocycles. The number of nitrogens with zero attached hydrogens (tertiary/aromatic N) is 4. The van der Waals surface area contributed by atoms with E-state index in [0.717, 1.165) is 60.3 Å². The minimum absolute atomic E-state index is 0.124. The molecule has 1 fully saturated rings. The molecular weight excluding hydrogens is 300 g/mol. The molecule has 0 unspecified atom stereocenters. The summed E-state index contributed by atoms with van der Waals surface area (Å²) in [7, 11) is 0. The van der Waals surface area contributed by atoms with Gasteiger partial charge in [-0.15, -0.1) is 0 Å². The minimum Gasteiger partial charge on any atom is -0.298 e. The Labute approximate surface area is 142 Å². The molecule has 4 rings (SSSR count). The van der Waals surface area contributed by atoms with Crippen LogP contribution in [0.1, 0.15) is 41.2 Å². The Hall–Kier alpha value is -2.01. The Morgan fingerprint density at radius 3 is 2.79 bits per heavy atom. The van der Waals surface area contributed by atoms with Gasteiger partial charge in [0.1, 0.15) is 5.82 Å². The van der Waals surface area contributed by atoms with Crippen molar-refractivity contribution in [3.8, 4) is 0 Å². The van der Waals surface area contributed by atoms with E-state index < -0.39 is 0 Å².